The Labute approximate surface area is 268 Å². The first-order valence-corrected chi connectivity index (χ1v) is 24.5. The van der Waals surface area contributed by atoms with E-state index in [0.717, 1.165) is 21.9 Å². The number of aryl methyl sites for hydroxylation is 2. The second-order valence-corrected chi connectivity index (χ2v) is 26.6. The molecule has 44 heavy (non-hydrogen) atoms. The number of hydrogen-bond acceptors (Lipinski definition) is 7. The van der Waals surface area contributed by atoms with Crippen LogP contribution >= 0.6 is 20.0 Å². The molecule has 0 spiro atoms. The zero-order chi connectivity index (χ0) is 31.6. The van der Waals surface area contributed by atoms with Gasteiger partial charge < -0.3 is 22.6 Å². The van der Waals surface area contributed by atoms with Gasteiger partial charge in [0.1, 0.15) is 29.5 Å². The van der Waals surface area contributed by atoms with Crippen LogP contribution in [-0.2, 0) is 14.2 Å². The average molecular weight is 669 g/mol. The highest BCUT2D eigenvalue weighted by atomic mass is 32.2. The summed E-state index contributed by atoms with van der Waals surface area (Å²) < 4.78 is 39.9. The van der Waals surface area contributed by atoms with Gasteiger partial charge in [-0.25, -0.2) is 0 Å². The first-order chi connectivity index (χ1) is 20.6. The third-order valence-electron chi connectivity index (χ3n) is 8.36. The lowest BCUT2D eigenvalue weighted by atomic mass is 10.1. The summed E-state index contributed by atoms with van der Waals surface area (Å²) in [4.78, 5) is 1.27. The summed E-state index contributed by atoms with van der Waals surface area (Å²) in [5.74, 6) is -0.0809. The molecule has 0 aliphatic carbocycles. The summed E-state index contributed by atoms with van der Waals surface area (Å²) in [7, 11) is -5.42. The van der Waals surface area contributed by atoms with E-state index in [4.69, 9.17) is 27.1 Å². The zero-order valence-electron chi connectivity index (χ0n) is 27.5. The van der Waals surface area contributed by atoms with E-state index in [9.17, 15) is 0 Å². The second kappa shape index (κ2) is 11.8. The van der Waals surface area contributed by atoms with Crippen molar-refractivity contribution in [1.82, 2.24) is 0 Å². The number of rotatable bonds is 7. The Morgan fingerprint density at radius 1 is 0.773 bits per heavy atom. The molecule has 1 aromatic heterocycles. The van der Waals surface area contributed by atoms with Crippen molar-refractivity contribution in [3.05, 3.63) is 65.7 Å². The van der Waals surface area contributed by atoms with Gasteiger partial charge >= 0.3 is 8.24 Å². The van der Waals surface area contributed by atoms with Crippen molar-refractivity contribution in [2.75, 3.05) is 5.75 Å². The summed E-state index contributed by atoms with van der Waals surface area (Å²) in [6, 6.07) is 19.4. The van der Waals surface area contributed by atoms with Gasteiger partial charge in [0.2, 0.25) is 0 Å². The van der Waals surface area contributed by atoms with Crippen LogP contribution in [0, 0.1) is 13.8 Å². The largest absolute Gasteiger partial charge is 0.399 e. The van der Waals surface area contributed by atoms with Gasteiger partial charge in [0.05, 0.1) is 16.1 Å². The minimum atomic E-state index is -1.85. The van der Waals surface area contributed by atoms with Gasteiger partial charge in [0, 0.05) is 21.4 Å². The van der Waals surface area contributed by atoms with E-state index in [1.807, 2.05) is 13.8 Å². The van der Waals surface area contributed by atoms with Crippen molar-refractivity contribution in [1.29, 1.82) is 0 Å². The normalized spacial score (nSPS) is 23.4. The fourth-order valence-corrected chi connectivity index (χ4v) is 11.7. The highest BCUT2D eigenvalue weighted by Gasteiger charge is 2.56. The molecule has 3 heterocycles. The van der Waals surface area contributed by atoms with Crippen LogP contribution in [0.1, 0.15) is 25.0 Å². The summed E-state index contributed by atoms with van der Waals surface area (Å²) in [5, 5.41) is 4.64. The Morgan fingerprint density at radius 3 is 1.82 bits per heavy atom. The van der Waals surface area contributed by atoms with Crippen LogP contribution in [0.2, 0.25) is 39.3 Å². The maximum Gasteiger partial charge on any atom is 0.387 e. The van der Waals surface area contributed by atoms with Crippen LogP contribution in [0.4, 0.5) is 0 Å². The Kier molecular flexibility index (Phi) is 8.59. The molecule has 10 heteroatoms. The van der Waals surface area contributed by atoms with Crippen molar-refractivity contribution in [3.63, 3.8) is 0 Å². The van der Waals surface area contributed by atoms with Crippen LogP contribution in [0.15, 0.2) is 67.9 Å². The number of benzene rings is 3. The first kappa shape index (κ1) is 32.1. The maximum absolute atomic E-state index is 6.96. The van der Waals surface area contributed by atoms with Crippen LogP contribution in [0.25, 0.3) is 21.9 Å². The van der Waals surface area contributed by atoms with E-state index < -0.39 is 48.7 Å². The van der Waals surface area contributed by atoms with Crippen molar-refractivity contribution >= 4 is 68.5 Å². The highest BCUT2D eigenvalue weighted by Crippen LogP contribution is 2.44. The quantitative estimate of drug-likeness (QED) is 0.145. The van der Waals surface area contributed by atoms with Crippen LogP contribution in [0.3, 0.4) is 0 Å². The number of fused-ring (bicyclic) bond motifs is 4. The Balaban J connectivity index is 1.49. The summed E-state index contributed by atoms with van der Waals surface area (Å²) in [6.45, 7) is 22.2. The molecule has 0 amide bonds. The fraction of sp³-hybridized carbons (Fsp3) is 0.471. The smallest absolute Gasteiger partial charge is 0.387 e. The van der Waals surface area contributed by atoms with Gasteiger partial charge in [0.15, 0.2) is 12.1 Å². The predicted molar refractivity (Wildman–Crippen MR) is 188 cm³/mol. The molecule has 3 aromatic carbocycles. The summed E-state index contributed by atoms with van der Waals surface area (Å²) in [6.07, 6.45) is -1.63. The Morgan fingerprint density at radius 2 is 1.30 bits per heavy atom. The van der Waals surface area contributed by atoms with Gasteiger partial charge in [-0.3, -0.25) is 4.52 Å². The summed E-state index contributed by atoms with van der Waals surface area (Å²) >= 11 is 1.79. The van der Waals surface area contributed by atoms with Crippen LogP contribution < -0.4 is 14.9 Å². The SMILES string of the molecule is Cc1cccc(C)c1SC[C@H]1O[C@@H]2OC(C)(C)O[C@@H]2[C@@H]1Op1oc2c([Si](C)(C)C)cccc2c2cccc([Si](C)(C)C)c2o1. The monoisotopic (exact) mass is 668 g/mol. The van der Waals surface area contributed by atoms with Gasteiger partial charge in [-0.1, -0.05) is 93.9 Å². The van der Waals surface area contributed by atoms with Gasteiger partial charge in [-0.2, -0.15) is 0 Å². The number of hydrogen-bond donors (Lipinski definition) is 0. The van der Waals surface area contributed by atoms with E-state index in [1.165, 1.54) is 26.4 Å². The molecule has 0 bridgehead atoms. The predicted octanol–water partition coefficient (Wildman–Crippen LogP) is 8.46. The molecule has 2 aliphatic rings. The minimum absolute atomic E-state index is 0.276. The summed E-state index contributed by atoms with van der Waals surface area (Å²) in [5.41, 5.74) is 4.27. The highest BCUT2D eigenvalue weighted by molar-refractivity contribution is 7.99. The van der Waals surface area contributed by atoms with Crippen molar-refractivity contribution < 1.29 is 27.1 Å². The molecule has 6 rings (SSSR count). The van der Waals surface area contributed by atoms with Crippen LogP contribution in [-0.4, -0.2) is 52.3 Å². The van der Waals surface area contributed by atoms with Crippen molar-refractivity contribution in [3.8, 4) is 0 Å². The molecule has 2 aliphatic heterocycles. The first-order valence-electron chi connectivity index (χ1n) is 15.4. The molecule has 0 unspecified atom stereocenters. The number of para-hydroxylation sites is 2. The van der Waals surface area contributed by atoms with Crippen LogP contribution in [0.5, 0.6) is 0 Å². The van der Waals surface area contributed by atoms with Gasteiger partial charge in [0.25, 0.3) is 0 Å². The fourth-order valence-electron chi connectivity index (χ4n) is 6.19. The zero-order valence-corrected chi connectivity index (χ0v) is 31.2. The molecule has 2 fully saturated rings. The molecule has 236 valence electrons. The lowest BCUT2D eigenvalue weighted by Crippen LogP contribution is -2.39. The number of ether oxygens (including phenoxy) is 3. The van der Waals surface area contributed by atoms with E-state index in [2.05, 4.69) is 108 Å². The van der Waals surface area contributed by atoms with E-state index in [1.54, 1.807) is 11.8 Å². The second-order valence-electron chi connectivity index (χ2n) is 14.5. The topological polar surface area (TPSA) is 63.2 Å². The van der Waals surface area contributed by atoms with E-state index in [0.29, 0.717) is 5.75 Å². The Hall–Kier alpha value is -1.82. The number of thioether (sulfide) groups is 1. The standard InChI is InChI=1S/C34H45O6PSSi2/c1-21-14-11-15-22(2)32(21)42-20-25-30(31-33(35-25)37-34(3,4)36-31)40-41-38-28-23(16-12-18-26(28)43(5,6)7)24-17-13-19-27(29(24)39-41)44(8,9)10/h11-19,25,30-31,33H,20H2,1-10H3/t25-,30-,31-,33-/m1/s1. The Bertz CT molecular complexity index is 1650. The van der Waals surface area contributed by atoms with E-state index >= 15 is 0 Å². The maximum atomic E-state index is 6.96. The molecule has 4 atom stereocenters. The van der Waals surface area contributed by atoms with Crippen molar-refractivity contribution in [2.24, 2.45) is 0 Å². The average Bonchev–Trinajstić information content (AvgIpc) is 3.31. The van der Waals surface area contributed by atoms with E-state index in [-0.39, 0.29) is 6.10 Å². The third kappa shape index (κ3) is 6.27. The van der Waals surface area contributed by atoms with Gasteiger partial charge in [-0.15, -0.1) is 11.8 Å². The molecule has 0 saturated carbocycles. The van der Waals surface area contributed by atoms with Gasteiger partial charge in [-0.05, 0) is 49.2 Å². The molecular weight excluding hydrogens is 624 g/mol. The molecule has 0 radical (unpaired) electrons. The molecule has 2 saturated heterocycles. The van der Waals surface area contributed by atoms with Crippen molar-refractivity contribution in [2.45, 2.75) is 102 Å². The lowest BCUT2D eigenvalue weighted by Gasteiger charge is -2.25. The lowest BCUT2D eigenvalue weighted by molar-refractivity contribution is -0.209. The third-order valence-corrected chi connectivity index (χ3v) is 14.9. The molecule has 0 N–H and O–H groups in total. The minimum Gasteiger partial charge on any atom is -0.399 e. The molecule has 6 nitrogen and oxygen atoms in total. The molecule has 4 aromatic rings. The molecular formula is C34H45O6PSSi2.